The van der Waals surface area contributed by atoms with E-state index < -0.39 is 10.0 Å². The van der Waals surface area contributed by atoms with Gasteiger partial charge in [-0.15, -0.1) is 0 Å². The minimum absolute atomic E-state index is 0.0204. The molecule has 3 rings (SSSR count). The van der Waals surface area contributed by atoms with Gasteiger partial charge >= 0.3 is 0 Å². The number of sulfonamides is 1. The number of nitrogens with one attached hydrogen (secondary N) is 2. The lowest BCUT2D eigenvalue weighted by Crippen LogP contribution is -2.14. The molecule has 0 aliphatic carbocycles. The molecule has 0 saturated heterocycles. The van der Waals surface area contributed by atoms with Crippen LogP contribution in [0, 0.1) is 0 Å². The summed E-state index contributed by atoms with van der Waals surface area (Å²) < 4.78 is 38.4. The fraction of sp³-hybridized carbons (Fsp3) is 0.0870. The van der Waals surface area contributed by atoms with E-state index in [2.05, 4.69) is 10.0 Å². The van der Waals surface area contributed by atoms with Crippen molar-refractivity contribution in [1.29, 1.82) is 0 Å². The molecule has 1 amide bonds. The van der Waals surface area contributed by atoms with Crippen LogP contribution < -0.4 is 19.5 Å². The van der Waals surface area contributed by atoms with Gasteiger partial charge in [-0.05, 0) is 54.1 Å². The van der Waals surface area contributed by atoms with Gasteiger partial charge in [0.15, 0.2) is 0 Å². The van der Waals surface area contributed by atoms with Crippen LogP contribution in [-0.2, 0) is 14.8 Å². The van der Waals surface area contributed by atoms with E-state index in [0.29, 0.717) is 27.8 Å². The number of halogens is 1. The molecule has 7 nitrogen and oxygen atoms in total. The van der Waals surface area contributed by atoms with Crippen LogP contribution in [0.4, 0.5) is 11.4 Å². The van der Waals surface area contributed by atoms with Crippen molar-refractivity contribution in [3.05, 3.63) is 83.4 Å². The van der Waals surface area contributed by atoms with Gasteiger partial charge in [0, 0.05) is 22.9 Å². The molecule has 3 aromatic carbocycles. The van der Waals surface area contributed by atoms with E-state index >= 15 is 0 Å². The van der Waals surface area contributed by atoms with E-state index in [-0.39, 0.29) is 16.5 Å². The average Bonchev–Trinajstić information content (AvgIpc) is 2.78. The van der Waals surface area contributed by atoms with Crippen LogP contribution in [0.3, 0.4) is 0 Å². The third-order valence-corrected chi connectivity index (χ3v) is 6.13. The molecular weight excluding hydrogens is 452 g/mol. The smallest absolute Gasteiger partial charge is 0.262 e. The summed E-state index contributed by atoms with van der Waals surface area (Å²) in [6.07, 6.45) is 2.95. The van der Waals surface area contributed by atoms with Crippen LogP contribution >= 0.6 is 11.6 Å². The Hall–Kier alpha value is -3.49. The molecule has 0 aromatic heterocycles. The zero-order chi connectivity index (χ0) is 23.1. The van der Waals surface area contributed by atoms with Crippen LogP contribution in [0.15, 0.2) is 77.7 Å². The number of ether oxygens (including phenoxy) is 2. The Morgan fingerprint density at radius 3 is 2.34 bits per heavy atom. The Morgan fingerprint density at radius 1 is 0.969 bits per heavy atom. The van der Waals surface area contributed by atoms with Crippen molar-refractivity contribution in [1.82, 2.24) is 0 Å². The third-order valence-electron chi connectivity index (χ3n) is 4.40. The summed E-state index contributed by atoms with van der Waals surface area (Å²) in [5.41, 5.74) is 1.40. The van der Waals surface area contributed by atoms with Crippen molar-refractivity contribution in [2.75, 3.05) is 24.3 Å². The normalized spacial score (nSPS) is 11.2. The van der Waals surface area contributed by atoms with Crippen molar-refractivity contribution in [3.63, 3.8) is 0 Å². The molecule has 9 heteroatoms. The Morgan fingerprint density at radius 2 is 1.69 bits per heavy atom. The monoisotopic (exact) mass is 472 g/mol. The number of anilines is 2. The lowest BCUT2D eigenvalue weighted by atomic mass is 10.2. The SMILES string of the molecule is COc1ccc(OC)c(NS(=O)(=O)c2ccc(NC(=O)/C=C/c3ccccc3Cl)cc2)c1. The number of benzene rings is 3. The highest BCUT2D eigenvalue weighted by Crippen LogP contribution is 2.31. The van der Waals surface area contributed by atoms with Gasteiger partial charge in [-0.3, -0.25) is 9.52 Å². The number of hydrogen-bond acceptors (Lipinski definition) is 5. The second-order valence-corrected chi connectivity index (χ2v) is 8.63. The van der Waals surface area contributed by atoms with Gasteiger partial charge in [0.25, 0.3) is 10.0 Å². The van der Waals surface area contributed by atoms with Crippen LogP contribution in [0.2, 0.25) is 5.02 Å². The molecule has 0 aliphatic heterocycles. The van der Waals surface area contributed by atoms with Crippen LogP contribution in [0.1, 0.15) is 5.56 Å². The van der Waals surface area contributed by atoms with Gasteiger partial charge < -0.3 is 14.8 Å². The summed E-state index contributed by atoms with van der Waals surface area (Å²) in [6, 6.07) is 17.7. The van der Waals surface area contributed by atoms with Crippen molar-refractivity contribution in [3.8, 4) is 11.5 Å². The van der Waals surface area contributed by atoms with Gasteiger partial charge in [-0.1, -0.05) is 29.8 Å². The predicted octanol–water partition coefficient (Wildman–Crippen LogP) is 4.81. The molecule has 0 unspecified atom stereocenters. The second kappa shape index (κ2) is 10.2. The Balaban J connectivity index is 1.71. The Labute approximate surface area is 191 Å². The molecule has 0 heterocycles. The quantitative estimate of drug-likeness (QED) is 0.459. The summed E-state index contributed by atoms with van der Waals surface area (Å²) in [5, 5.41) is 3.21. The maximum atomic E-state index is 12.8. The van der Waals surface area contributed by atoms with Crippen LogP contribution in [0.5, 0.6) is 11.5 Å². The molecule has 2 N–H and O–H groups in total. The maximum Gasteiger partial charge on any atom is 0.262 e. The lowest BCUT2D eigenvalue weighted by Gasteiger charge is -2.13. The van der Waals surface area contributed by atoms with Gasteiger partial charge in [0.05, 0.1) is 24.8 Å². The zero-order valence-corrected chi connectivity index (χ0v) is 18.9. The number of rotatable bonds is 8. The fourth-order valence-corrected chi connectivity index (χ4v) is 4.03. The predicted molar refractivity (Wildman–Crippen MR) is 126 cm³/mol. The second-order valence-electron chi connectivity index (χ2n) is 6.54. The van der Waals surface area contributed by atoms with Crippen molar-refractivity contribution >= 4 is 45.0 Å². The first-order valence-corrected chi connectivity index (χ1v) is 11.3. The summed E-state index contributed by atoms with van der Waals surface area (Å²) >= 11 is 6.06. The van der Waals surface area contributed by atoms with Crippen molar-refractivity contribution < 1.29 is 22.7 Å². The number of methoxy groups -OCH3 is 2. The molecule has 32 heavy (non-hydrogen) atoms. The van der Waals surface area contributed by atoms with Gasteiger partial charge in [-0.2, -0.15) is 0 Å². The molecule has 0 saturated carbocycles. The highest BCUT2D eigenvalue weighted by atomic mass is 35.5. The average molecular weight is 473 g/mol. The standard InChI is InChI=1S/C23H21ClN2O5S/c1-30-18-10-13-22(31-2)21(15-18)26-32(28,29)19-11-8-17(9-12-19)25-23(27)14-7-16-5-3-4-6-20(16)24/h3-15,26H,1-2H3,(H,25,27)/b14-7+. The Bertz CT molecular complexity index is 1240. The van der Waals surface area contributed by atoms with Crippen LogP contribution in [-0.4, -0.2) is 28.5 Å². The summed E-state index contributed by atoms with van der Waals surface area (Å²) in [7, 11) is -0.969. The fourth-order valence-electron chi connectivity index (χ4n) is 2.77. The first-order valence-electron chi connectivity index (χ1n) is 9.41. The zero-order valence-electron chi connectivity index (χ0n) is 17.3. The Kier molecular flexibility index (Phi) is 7.40. The summed E-state index contributed by atoms with van der Waals surface area (Å²) in [6.45, 7) is 0. The molecule has 3 aromatic rings. The minimum Gasteiger partial charge on any atom is -0.497 e. The molecule has 0 radical (unpaired) electrons. The molecule has 0 spiro atoms. The van der Waals surface area contributed by atoms with E-state index in [9.17, 15) is 13.2 Å². The molecule has 0 fully saturated rings. The highest BCUT2D eigenvalue weighted by Gasteiger charge is 2.17. The maximum absolute atomic E-state index is 12.8. The lowest BCUT2D eigenvalue weighted by molar-refractivity contribution is -0.111. The summed E-state index contributed by atoms with van der Waals surface area (Å²) in [4.78, 5) is 12.2. The number of hydrogen-bond donors (Lipinski definition) is 2. The van der Waals surface area contributed by atoms with E-state index in [0.717, 1.165) is 0 Å². The van der Waals surface area contributed by atoms with Crippen LogP contribution in [0.25, 0.3) is 6.08 Å². The van der Waals surface area contributed by atoms with Gasteiger partial charge in [-0.25, -0.2) is 8.42 Å². The first kappa shape index (κ1) is 23.2. The molecular formula is C23H21ClN2O5S. The van der Waals surface area contributed by atoms with Crippen molar-refractivity contribution in [2.45, 2.75) is 4.90 Å². The third kappa shape index (κ3) is 5.81. The molecule has 166 valence electrons. The van der Waals surface area contributed by atoms with Crippen molar-refractivity contribution in [2.24, 2.45) is 0 Å². The van der Waals surface area contributed by atoms with E-state index in [4.69, 9.17) is 21.1 Å². The number of carbonyl (C=O) groups excluding carboxylic acids is 1. The summed E-state index contributed by atoms with van der Waals surface area (Å²) in [5.74, 6) is 0.453. The van der Waals surface area contributed by atoms with E-state index in [1.165, 1.54) is 50.6 Å². The van der Waals surface area contributed by atoms with Gasteiger partial charge in [0.2, 0.25) is 5.91 Å². The minimum atomic E-state index is -3.89. The van der Waals surface area contributed by atoms with E-state index in [1.807, 2.05) is 6.07 Å². The highest BCUT2D eigenvalue weighted by molar-refractivity contribution is 7.92. The van der Waals surface area contributed by atoms with Gasteiger partial charge in [0.1, 0.15) is 11.5 Å². The molecule has 0 atom stereocenters. The largest absolute Gasteiger partial charge is 0.497 e. The topological polar surface area (TPSA) is 93.7 Å². The van der Waals surface area contributed by atoms with E-state index in [1.54, 1.807) is 36.4 Å². The molecule has 0 bridgehead atoms. The first-order chi connectivity index (χ1) is 15.3. The number of amides is 1. The molecule has 0 aliphatic rings. The number of carbonyl (C=O) groups is 1.